The van der Waals surface area contributed by atoms with Crippen LogP contribution in [0.1, 0.15) is 5.56 Å². The molecule has 2 aromatic rings. The molecule has 3 atom stereocenters. The van der Waals surface area contributed by atoms with Gasteiger partial charge in [-0.1, -0.05) is 12.1 Å². The van der Waals surface area contributed by atoms with Crippen LogP contribution in [0.25, 0.3) is 10.9 Å². The molecule has 1 aromatic heterocycles. The lowest BCUT2D eigenvalue weighted by Crippen LogP contribution is -2.38. The standard InChI is InChI=1S/C14H18N4O3/c15-14-9-3-1-2-8(12(9)16-7-17-14)4-18-5-11(20)13(21)10(18)6-19/h1-3,7,10-11,13,19-21H,4-6H2,(H2,15,16,17)/t10-,11+,13-/m1/s1. The molecule has 0 bridgehead atoms. The third kappa shape index (κ3) is 2.44. The summed E-state index contributed by atoms with van der Waals surface area (Å²) < 4.78 is 0. The molecule has 1 aliphatic rings. The number of hydrogen-bond donors (Lipinski definition) is 4. The normalized spacial score (nSPS) is 26.5. The Hall–Kier alpha value is -1.80. The first kappa shape index (κ1) is 14.2. The maximum Gasteiger partial charge on any atom is 0.134 e. The van der Waals surface area contributed by atoms with Crippen LogP contribution < -0.4 is 5.73 Å². The molecule has 1 aromatic carbocycles. The first-order valence-corrected chi connectivity index (χ1v) is 6.81. The first-order chi connectivity index (χ1) is 10.1. The zero-order chi connectivity index (χ0) is 15.0. The van der Waals surface area contributed by atoms with Crippen LogP contribution in [0.5, 0.6) is 0 Å². The minimum atomic E-state index is -0.940. The smallest absolute Gasteiger partial charge is 0.134 e. The van der Waals surface area contributed by atoms with Gasteiger partial charge in [-0.2, -0.15) is 0 Å². The summed E-state index contributed by atoms with van der Waals surface area (Å²) >= 11 is 0. The van der Waals surface area contributed by atoms with Gasteiger partial charge >= 0.3 is 0 Å². The molecule has 0 radical (unpaired) electrons. The van der Waals surface area contributed by atoms with Crippen molar-refractivity contribution < 1.29 is 15.3 Å². The van der Waals surface area contributed by atoms with Crippen LogP contribution >= 0.6 is 0 Å². The topological polar surface area (TPSA) is 116 Å². The molecule has 21 heavy (non-hydrogen) atoms. The van der Waals surface area contributed by atoms with E-state index >= 15 is 0 Å². The van der Waals surface area contributed by atoms with Crippen molar-refractivity contribution in [3.63, 3.8) is 0 Å². The van der Waals surface area contributed by atoms with E-state index < -0.39 is 18.2 Å². The number of likely N-dealkylation sites (tertiary alicyclic amines) is 1. The van der Waals surface area contributed by atoms with Crippen LogP contribution in [0.3, 0.4) is 0 Å². The monoisotopic (exact) mass is 290 g/mol. The number of benzene rings is 1. The SMILES string of the molecule is Nc1ncnc2c(CN3C[C@H](O)[C@H](O)[C@H]3CO)cccc12. The maximum atomic E-state index is 9.87. The number of para-hydroxylation sites is 1. The highest BCUT2D eigenvalue weighted by Gasteiger charge is 2.39. The minimum absolute atomic E-state index is 0.208. The summed E-state index contributed by atoms with van der Waals surface area (Å²) in [5, 5.41) is 29.8. The van der Waals surface area contributed by atoms with E-state index in [1.807, 2.05) is 23.1 Å². The second-order valence-electron chi connectivity index (χ2n) is 5.31. The van der Waals surface area contributed by atoms with E-state index in [1.54, 1.807) is 0 Å². The summed E-state index contributed by atoms with van der Waals surface area (Å²) in [6.45, 7) is 0.566. The van der Waals surface area contributed by atoms with Gasteiger partial charge in [0.1, 0.15) is 12.1 Å². The maximum absolute atomic E-state index is 9.87. The van der Waals surface area contributed by atoms with Gasteiger partial charge < -0.3 is 21.1 Å². The van der Waals surface area contributed by atoms with Crippen molar-refractivity contribution in [2.24, 2.45) is 0 Å². The van der Waals surface area contributed by atoms with Gasteiger partial charge in [-0.3, -0.25) is 4.90 Å². The third-order valence-electron chi connectivity index (χ3n) is 4.02. The molecule has 1 saturated heterocycles. The Morgan fingerprint density at radius 2 is 2.10 bits per heavy atom. The van der Waals surface area contributed by atoms with Gasteiger partial charge in [0.2, 0.25) is 0 Å². The van der Waals surface area contributed by atoms with E-state index in [-0.39, 0.29) is 6.61 Å². The molecule has 0 aliphatic carbocycles. The summed E-state index contributed by atoms with van der Waals surface area (Å²) in [4.78, 5) is 10.1. The average Bonchev–Trinajstić information content (AvgIpc) is 2.74. The fourth-order valence-electron chi connectivity index (χ4n) is 2.88. The van der Waals surface area contributed by atoms with E-state index in [1.165, 1.54) is 6.33 Å². The molecular formula is C14H18N4O3. The average molecular weight is 290 g/mol. The van der Waals surface area contributed by atoms with Gasteiger partial charge in [0.25, 0.3) is 0 Å². The number of rotatable bonds is 3. The zero-order valence-electron chi connectivity index (χ0n) is 11.4. The third-order valence-corrected chi connectivity index (χ3v) is 4.02. The largest absolute Gasteiger partial charge is 0.395 e. The highest BCUT2D eigenvalue weighted by Crippen LogP contribution is 2.25. The Labute approximate surface area is 121 Å². The Bertz CT molecular complexity index is 651. The van der Waals surface area contributed by atoms with Crippen molar-refractivity contribution in [2.45, 2.75) is 24.8 Å². The van der Waals surface area contributed by atoms with Gasteiger partial charge in [-0.25, -0.2) is 9.97 Å². The van der Waals surface area contributed by atoms with Crippen LogP contribution in [0, 0.1) is 0 Å². The van der Waals surface area contributed by atoms with Gasteiger partial charge in [-0.05, 0) is 11.6 Å². The van der Waals surface area contributed by atoms with Gasteiger partial charge in [0.05, 0.1) is 30.4 Å². The van der Waals surface area contributed by atoms with Crippen molar-refractivity contribution >= 4 is 16.7 Å². The molecular weight excluding hydrogens is 272 g/mol. The number of nitrogens with zero attached hydrogens (tertiary/aromatic N) is 3. The molecule has 1 aliphatic heterocycles. The molecule has 5 N–H and O–H groups in total. The Balaban J connectivity index is 1.94. The fraction of sp³-hybridized carbons (Fsp3) is 0.429. The summed E-state index contributed by atoms with van der Waals surface area (Å²) in [5.74, 6) is 0.419. The quantitative estimate of drug-likeness (QED) is 0.579. The number of aliphatic hydroxyl groups is 3. The van der Waals surface area contributed by atoms with Crippen LogP contribution in [0.4, 0.5) is 5.82 Å². The minimum Gasteiger partial charge on any atom is -0.395 e. The van der Waals surface area contributed by atoms with Gasteiger partial charge in [-0.15, -0.1) is 0 Å². The second-order valence-corrected chi connectivity index (χ2v) is 5.31. The lowest BCUT2D eigenvalue weighted by atomic mass is 10.1. The summed E-state index contributed by atoms with van der Waals surface area (Å²) in [6, 6.07) is 5.16. The number of aliphatic hydroxyl groups excluding tert-OH is 3. The molecule has 3 rings (SSSR count). The van der Waals surface area contributed by atoms with Gasteiger partial charge in [0, 0.05) is 18.5 Å². The number of aromatic nitrogens is 2. The highest BCUT2D eigenvalue weighted by atomic mass is 16.3. The fourth-order valence-corrected chi connectivity index (χ4v) is 2.88. The van der Waals surface area contributed by atoms with Crippen LogP contribution in [-0.4, -0.2) is 61.6 Å². The summed E-state index contributed by atoms with van der Waals surface area (Å²) in [5.41, 5.74) is 7.51. The summed E-state index contributed by atoms with van der Waals surface area (Å²) in [7, 11) is 0. The molecule has 2 heterocycles. The van der Waals surface area contributed by atoms with Crippen molar-refractivity contribution in [1.82, 2.24) is 14.9 Å². The number of fused-ring (bicyclic) bond motifs is 1. The molecule has 0 spiro atoms. The number of hydrogen-bond acceptors (Lipinski definition) is 7. The predicted molar refractivity (Wildman–Crippen MR) is 77.2 cm³/mol. The molecule has 7 heteroatoms. The molecule has 0 unspecified atom stereocenters. The number of nitrogen functional groups attached to an aromatic ring is 1. The van der Waals surface area contributed by atoms with Crippen molar-refractivity contribution in [3.05, 3.63) is 30.1 Å². The zero-order valence-corrected chi connectivity index (χ0v) is 11.4. The van der Waals surface area contributed by atoms with E-state index in [4.69, 9.17) is 5.73 Å². The number of anilines is 1. The van der Waals surface area contributed by atoms with Crippen LogP contribution in [-0.2, 0) is 6.54 Å². The van der Waals surface area contributed by atoms with E-state index in [0.717, 1.165) is 16.5 Å². The van der Waals surface area contributed by atoms with Crippen molar-refractivity contribution in [1.29, 1.82) is 0 Å². The summed E-state index contributed by atoms with van der Waals surface area (Å²) in [6.07, 6.45) is -0.375. The Morgan fingerprint density at radius 1 is 1.29 bits per heavy atom. The molecule has 0 amide bonds. The molecule has 0 saturated carbocycles. The number of β-amino-alcohol motifs (C(OH)–C–C–N with tert-alkyl or cyclic N) is 1. The van der Waals surface area contributed by atoms with E-state index in [9.17, 15) is 15.3 Å². The molecule has 112 valence electrons. The van der Waals surface area contributed by atoms with Crippen molar-refractivity contribution in [2.75, 3.05) is 18.9 Å². The molecule has 1 fully saturated rings. The predicted octanol–water partition coefficient (Wildman–Crippen LogP) is -0.890. The Kier molecular flexibility index (Phi) is 3.73. The van der Waals surface area contributed by atoms with Crippen LogP contribution in [0.15, 0.2) is 24.5 Å². The van der Waals surface area contributed by atoms with Gasteiger partial charge in [0.15, 0.2) is 0 Å². The highest BCUT2D eigenvalue weighted by molar-refractivity contribution is 5.89. The van der Waals surface area contributed by atoms with Crippen LogP contribution in [0.2, 0.25) is 0 Å². The molecule has 7 nitrogen and oxygen atoms in total. The van der Waals surface area contributed by atoms with E-state index in [2.05, 4.69) is 9.97 Å². The lowest BCUT2D eigenvalue weighted by Gasteiger charge is -2.24. The van der Waals surface area contributed by atoms with E-state index in [0.29, 0.717) is 18.9 Å². The Morgan fingerprint density at radius 3 is 2.86 bits per heavy atom. The first-order valence-electron chi connectivity index (χ1n) is 6.81. The van der Waals surface area contributed by atoms with Crippen molar-refractivity contribution in [3.8, 4) is 0 Å². The lowest BCUT2D eigenvalue weighted by molar-refractivity contribution is 0.0210. The second kappa shape index (κ2) is 5.53. The number of nitrogens with two attached hydrogens (primary N) is 1.